The van der Waals surface area contributed by atoms with E-state index in [1.54, 1.807) is 0 Å². The van der Waals surface area contributed by atoms with Crippen LogP contribution >= 0.6 is 0 Å². The Morgan fingerprint density at radius 3 is 2.63 bits per heavy atom. The Balaban J connectivity index is 1.97. The van der Waals surface area contributed by atoms with Crippen LogP contribution in [-0.4, -0.2) is 29.1 Å². The monoisotopic (exact) mass is 262 g/mol. The van der Waals surface area contributed by atoms with E-state index in [0.717, 1.165) is 30.1 Å². The maximum Gasteiger partial charge on any atom is 0.0917 e. The Morgan fingerprint density at radius 2 is 2.00 bits per heavy atom. The number of nitrogens with zero attached hydrogens (tertiary/aromatic N) is 1. The van der Waals surface area contributed by atoms with Gasteiger partial charge in [0.1, 0.15) is 0 Å². The van der Waals surface area contributed by atoms with Gasteiger partial charge in [-0.1, -0.05) is 31.2 Å². The van der Waals surface area contributed by atoms with Gasteiger partial charge in [-0.25, -0.2) is 0 Å². The van der Waals surface area contributed by atoms with Crippen molar-refractivity contribution in [1.82, 2.24) is 4.90 Å². The molecule has 1 aromatic rings. The lowest BCUT2D eigenvalue weighted by molar-refractivity contribution is 0.0513. The van der Waals surface area contributed by atoms with Crippen LogP contribution in [0.15, 0.2) is 24.3 Å². The molecule has 19 heavy (non-hydrogen) atoms. The zero-order valence-corrected chi connectivity index (χ0v) is 12.0. The average molecular weight is 262 g/mol. The van der Waals surface area contributed by atoms with Crippen LogP contribution in [0.3, 0.4) is 0 Å². The van der Waals surface area contributed by atoms with Crippen molar-refractivity contribution in [3.05, 3.63) is 35.4 Å². The van der Waals surface area contributed by atoms with Gasteiger partial charge in [-0.3, -0.25) is 4.90 Å². The first-order valence-corrected chi connectivity index (χ1v) is 7.33. The van der Waals surface area contributed by atoms with Crippen molar-refractivity contribution < 1.29 is 5.11 Å². The molecule has 3 atom stereocenters. The summed E-state index contributed by atoms with van der Waals surface area (Å²) in [4.78, 5) is 2.41. The van der Waals surface area contributed by atoms with Gasteiger partial charge in [0.2, 0.25) is 0 Å². The number of nitrogens with two attached hydrogens (primary N) is 1. The van der Waals surface area contributed by atoms with Crippen LogP contribution in [-0.2, 0) is 6.54 Å². The second-order valence-electron chi connectivity index (χ2n) is 5.82. The summed E-state index contributed by atoms with van der Waals surface area (Å²) in [5.74, 6) is 0.723. The number of hydrogen-bond acceptors (Lipinski definition) is 3. The summed E-state index contributed by atoms with van der Waals surface area (Å²) in [5.41, 5.74) is 7.68. The highest BCUT2D eigenvalue weighted by atomic mass is 16.3. The number of benzene rings is 1. The lowest BCUT2D eigenvalue weighted by Crippen LogP contribution is -2.44. The van der Waals surface area contributed by atoms with Crippen molar-refractivity contribution in [1.29, 1.82) is 0 Å². The maximum atomic E-state index is 10.4. The second kappa shape index (κ2) is 6.51. The lowest BCUT2D eigenvalue weighted by atomic mass is 9.91. The summed E-state index contributed by atoms with van der Waals surface area (Å²) in [6.07, 6.45) is 2.14. The molecule has 106 valence electrons. The molecule has 1 aromatic carbocycles. The van der Waals surface area contributed by atoms with Gasteiger partial charge in [0.15, 0.2) is 0 Å². The number of aliphatic hydroxyl groups excluding tert-OH is 1. The van der Waals surface area contributed by atoms with Crippen molar-refractivity contribution in [3.63, 3.8) is 0 Å². The fraction of sp³-hybridized carbons (Fsp3) is 0.625. The molecule has 3 unspecified atom stereocenters. The van der Waals surface area contributed by atoms with Gasteiger partial charge in [0.05, 0.1) is 6.10 Å². The molecule has 0 aromatic heterocycles. The van der Waals surface area contributed by atoms with Crippen molar-refractivity contribution in [2.24, 2.45) is 11.7 Å². The van der Waals surface area contributed by atoms with Crippen LogP contribution in [0.4, 0.5) is 0 Å². The SMILES string of the molecule is CC1CCCN(CC(O)c2ccc(CN)cc2)C1C. The molecule has 0 aliphatic carbocycles. The molecule has 1 heterocycles. The smallest absolute Gasteiger partial charge is 0.0917 e. The van der Waals surface area contributed by atoms with Crippen LogP contribution < -0.4 is 5.73 Å². The first-order valence-electron chi connectivity index (χ1n) is 7.33. The summed E-state index contributed by atoms with van der Waals surface area (Å²) < 4.78 is 0. The molecule has 0 amide bonds. The van der Waals surface area contributed by atoms with E-state index in [1.165, 1.54) is 12.8 Å². The normalized spacial score (nSPS) is 26.3. The number of β-amino-alcohol motifs (C(OH)–C–C–N with tert-alkyl or cyclic N) is 1. The van der Waals surface area contributed by atoms with Crippen molar-refractivity contribution >= 4 is 0 Å². The summed E-state index contributed by atoms with van der Waals surface area (Å²) >= 11 is 0. The standard InChI is InChI=1S/C16H26N2O/c1-12-4-3-9-18(13(12)2)11-16(19)15-7-5-14(10-17)6-8-15/h5-8,12-13,16,19H,3-4,9-11,17H2,1-2H3. The number of piperidine rings is 1. The van der Waals surface area contributed by atoms with Gasteiger partial charge in [-0.15, -0.1) is 0 Å². The van der Waals surface area contributed by atoms with Gasteiger partial charge in [0, 0.05) is 19.1 Å². The van der Waals surface area contributed by atoms with E-state index >= 15 is 0 Å². The van der Waals surface area contributed by atoms with Crippen LogP contribution in [0, 0.1) is 5.92 Å². The van der Waals surface area contributed by atoms with E-state index in [0.29, 0.717) is 12.6 Å². The summed E-state index contributed by atoms with van der Waals surface area (Å²) in [6, 6.07) is 8.55. The molecule has 0 spiro atoms. The first-order chi connectivity index (χ1) is 9.11. The summed E-state index contributed by atoms with van der Waals surface area (Å²) in [7, 11) is 0. The highest BCUT2D eigenvalue weighted by Crippen LogP contribution is 2.25. The van der Waals surface area contributed by atoms with Gasteiger partial charge >= 0.3 is 0 Å². The summed E-state index contributed by atoms with van der Waals surface area (Å²) in [5, 5.41) is 10.4. The molecule has 0 saturated carbocycles. The van der Waals surface area contributed by atoms with Crippen LogP contribution in [0.2, 0.25) is 0 Å². The molecular formula is C16H26N2O. The second-order valence-corrected chi connectivity index (χ2v) is 5.82. The zero-order valence-electron chi connectivity index (χ0n) is 12.0. The van der Waals surface area contributed by atoms with Crippen LogP contribution in [0.1, 0.15) is 43.9 Å². The molecule has 1 fully saturated rings. The fourth-order valence-corrected chi connectivity index (χ4v) is 2.88. The van der Waals surface area contributed by atoms with Gasteiger partial charge in [0.25, 0.3) is 0 Å². The predicted octanol–water partition coefficient (Wildman–Crippen LogP) is 2.30. The Kier molecular flexibility index (Phi) is 4.97. The topological polar surface area (TPSA) is 49.5 Å². The molecule has 3 N–H and O–H groups in total. The Morgan fingerprint density at radius 1 is 1.32 bits per heavy atom. The van der Waals surface area contributed by atoms with Crippen molar-refractivity contribution in [2.75, 3.05) is 13.1 Å². The molecular weight excluding hydrogens is 236 g/mol. The Hall–Kier alpha value is -0.900. The minimum absolute atomic E-state index is 0.403. The number of aliphatic hydroxyl groups is 1. The van der Waals surface area contributed by atoms with Gasteiger partial charge < -0.3 is 10.8 Å². The third kappa shape index (κ3) is 3.56. The molecule has 0 bridgehead atoms. The van der Waals surface area contributed by atoms with Gasteiger partial charge in [-0.2, -0.15) is 0 Å². The molecule has 1 aliphatic heterocycles. The highest BCUT2D eigenvalue weighted by molar-refractivity contribution is 5.24. The Bertz CT molecular complexity index is 390. The van der Waals surface area contributed by atoms with E-state index < -0.39 is 6.10 Å². The summed E-state index contributed by atoms with van der Waals surface area (Å²) in [6.45, 7) is 6.96. The number of hydrogen-bond donors (Lipinski definition) is 2. The fourth-order valence-electron chi connectivity index (χ4n) is 2.88. The molecule has 2 rings (SSSR count). The minimum atomic E-state index is -0.403. The van der Waals surface area contributed by atoms with Crippen LogP contribution in [0.25, 0.3) is 0 Å². The molecule has 1 saturated heterocycles. The van der Waals surface area contributed by atoms with Gasteiger partial charge in [-0.05, 0) is 43.4 Å². The molecule has 0 radical (unpaired) electrons. The maximum absolute atomic E-state index is 10.4. The number of likely N-dealkylation sites (tertiary alicyclic amines) is 1. The Labute approximate surface area is 116 Å². The quantitative estimate of drug-likeness (QED) is 0.875. The molecule has 1 aliphatic rings. The van der Waals surface area contributed by atoms with Crippen LogP contribution in [0.5, 0.6) is 0 Å². The molecule has 3 heteroatoms. The van der Waals surface area contributed by atoms with E-state index in [2.05, 4.69) is 18.7 Å². The van der Waals surface area contributed by atoms with E-state index in [4.69, 9.17) is 5.73 Å². The van der Waals surface area contributed by atoms with E-state index in [9.17, 15) is 5.11 Å². The third-order valence-corrected chi connectivity index (χ3v) is 4.51. The highest BCUT2D eigenvalue weighted by Gasteiger charge is 2.26. The minimum Gasteiger partial charge on any atom is -0.387 e. The number of rotatable bonds is 4. The third-order valence-electron chi connectivity index (χ3n) is 4.51. The predicted molar refractivity (Wildman–Crippen MR) is 78.7 cm³/mol. The first kappa shape index (κ1) is 14.5. The molecule has 3 nitrogen and oxygen atoms in total. The van der Waals surface area contributed by atoms with Crippen molar-refractivity contribution in [2.45, 2.75) is 45.4 Å². The van der Waals surface area contributed by atoms with E-state index in [1.807, 2.05) is 24.3 Å². The lowest BCUT2D eigenvalue weighted by Gasteiger charge is -2.39. The van der Waals surface area contributed by atoms with Crippen molar-refractivity contribution in [3.8, 4) is 0 Å². The zero-order chi connectivity index (χ0) is 13.8. The largest absolute Gasteiger partial charge is 0.387 e. The average Bonchev–Trinajstić information content (AvgIpc) is 2.44. The van der Waals surface area contributed by atoms with E-state index in [-0.39, 0.29) is 0 Å².